The van der Waals surface area contributed by atoms with Gasteiger partial charge in [-0.1, -0.05) is 23.2 Å². The van der Waals surface area contributed by atoms with Crippen LogP contribution in [0.25, 0.3) is 0 Å². The smallest absolute Gasteiger partial charge is 0.340 e. The number of rotatable bonds is 5. The molecule has 0 aliphatic heterocycles. The molecule has 2 N–H and O–H groups in total. The number of aromatic nitrogens is 1. The van der Waals surface area contributed by atoms with E-state index in [2.05, 4.69) is 15.6 Å². The number of pyridine rings is 1. The molecule has 0 radical (unpaired) electrons. The summed E-state index contributed by atoms with van der Waals surface area (Å²) in [6, 6.07) is 7.80. The average molecular weight is 396 g/mol. The average Bonchev–Trinajstić information content (AvgIpc) is 2.58. The molecule has 2 amide bonds. The van der Waals surface area contributed by atoms with Crippen molar-refractivity contribution in [3.63, 3.8) is 0 Å². The molecular weight excluding hydrogens is 381 g/mol. The van der Waals surface area contributed by atoms with Crippen LogP contribution < -0.4 is 10.6 Å². The van der Waals surface area contributed by atoms with Crippen molar-refractivity contribution in [2.24, 2.45) is 0 Å². The molecule has 26 heavy (non-hydrogen) atoms. The number of nitrogens with one attached hydrogen (secondary N) is 2. The van der Waals surface area contributed by atoms with Crippen LogP contribution in [0.4, 0.5) is 11.4 Å². The molecule has 2 aromatic rings. The van der Waals surface area contributed by atoms with E-state index in [-0.39, 0.29) is 21.6 Å². The van der Waals surface area contributed by atoms with Gasteiger partial charge in [0.15, 0.2) is 6.10 Å². The summed E-state index contributed by atoms with van der Waals surface area (Å²) in [6.45, 7) is 2.83. The number of esters is 1. The van der Waals surface area contributed by atoms with Crippen LogP contribution in [-0.2, 0) is 14.3 Å². The Hall–Kier alpha value is -2.64. The summed E-state index contributed by atoms with van der Waals surface area (Å²) >= 11 is 11.5. The summed E-state index contributed by atoms with van der Waals surface area (Å²) in [5.41, 5.74) is 1.17. The first-order valence-electron chi connectivity index (χ1n) is 7.47. The van der Waals surface area contributed by atoms with E-state index in [0.717, 1.165) is 0 Å². The van der Waals surface area contributed by atoms with Crippen LogP contribution in [0.3, 0.4) is 0 Å². The number of benzene rings is 1. The highest BCUT2D eigenvalue weighted by molar-refractivity contribution is 6.41. The number of amides is 2. The van der Waals surface area contributed by atoms with Crippen molar-refractivity contribution in [1.29, 1.82) is 0 Å². The number of hydrogen-bond acceptors (Lipinski definition) is 5. The normalized spacial score (nSPS) is 11.4. The second kappa shape index (κ2) is 8.64. The predicted molar refractivity (Wildman–Crippen MR) is 98.5 cm³/mol. The SMILES string of the molecule is CC(=O)Nc1ccc(NC(=O)[C@H](C)OC(=O)c2cnc(Cl)c(Cl)c2)cc1. The van der Waals surface area contributed by atoms with Crippen LogP contribution in [0, 0.1) is 0 Å². The molecule has 136 valence electrons. The molecular formula is C17H15Cl2N3O4. The topological polar surface area (TPSA) is 97.4 Å². The summed E-state index contributed by atoms with van der Waals surface area (Å²) in [5.74, 6) is -1.46. The predicted octanol–water partition coefficient (Wildman–Crippen LogP) is 3.53. The molecule has 0 fully saturated rings. The Balaban J connectivity index is 1.95. The summed E-state index contributed by atoms with van der Waals surface area (Å²) < 4.78 is 5.09. The molecule has 1 aromatic heterocycles. The van der Waals surface area contributed by atoms with Gasteiger partial charge in [-0.15, -0.1) is 0 Å². The molecule has 0 aliphatic rings. The Labute approximate surface area is 159 Å². The van der Waals surface area contributed by atoms with Gasteiger partial charge in [0.25, 0.3) is 5.91 Å². The monoisotopic (exact) mass is 395 g/mol. The van der Waals surface area contributed by atoms with E-state index in [1.54, 1.807) is 24.3 Å². The molecule has 7 nitrogen and oxygen atoms in total. The second-order valence-corrected chi connectivity index (χ2v) is 6.06. The first-order chi connectivity index (χ1) is 12.3. The molecule has 1 atom stereocenters. The van der Waals surface area contributed by atoms with Gasteiger partial charge in [-0.05, 0) is 37.3 Å². The van der Waals surface area contributed by atoms with E-state index in [1.807, 2.05) is 0 Å². The molecule has 1 heterocycles. The number of nitrogens with zero attached hydrogens (tertiary/aromatic N) is 1. The van der Waals surface area contributed by atoms with Crippen molar-refractivity contribution in [1.82, 2.24) is 4.98 Å². The Morgan fingerprint density at radius 3 is 2.19 bits per heavy atom. The number of anilines is 2. The Morgan fingerprint density at radius 2 is 1.65 bits per heavy atom. The lowest BCUT2D eigenvalue weighted by Gasteiger charge is -2.14. The molecule has 0 saturated heterocycles. The van der Waals surface area contributed by atoms with Gasteiger partial charge in [0.1, 0.15) is 5.15 Å². The van der Waals surface area contributed by atoms with Gasteiger partial charge in [0, 0.05) is 24.5 Å². The lowest BCUT2D eigenvalue weighted by Crippen LogP contribution is -2.30. The van der Waals surface area contributed by atoms with Crippen LogP contribution in [-0.4, -0.2) is 28.9 Å². The third kappa shape index (κ3) is 5.44. The Morgan fingerprint density at radius 1 is 1.08 bits per heavy atom. The van der Waals surface area contributed by atoms with E-state index in [4.69, 9.17) is 27.9 Å². The largest absolute Gasteiger partial charge is 0.449 e. The van der Waals surface area contributed by atoms with E-state index in [1.165, 1.54) is 26.1 Å². The first kappa shape index (κ1) is 19.7. The van der Waals surface area contributed by atoms with Crippen LogP contribution >= 0.6 is 23.2 Å². The van der Waals surface area contributed by atoms with E-state index in [0.29, 0.717) is 11.4 Å². The fraction of sp³-hybridized carbons (Fsp3) is 0.176. The fourth-order valence-electron chi connectivity index (χ4n) is 1.90. The summed E-state index contributed by atoms with van der Waals surface area (Å²) in [6.07, 6.45) is 0.161. The molecule has 0 bridgehead atoms. The van der Waals surface area contributed by atoms with Crippen molar-refractivity contribution in [2.45, 2.75) is 20.0 Å². The maximum Gasteiger partial charge on any atom is 0.340 e. The van der Waals surface area contributed by atoms with Crippen LogP contribution in [0.5, 0.6) is 0 Å². The van der Waals surface area contributed by atoms with E-state index in [9.17, 15) is 14.4 Å². The van der Waals surface area contributed by atoms with Gasteiger partial charge >= 0.3 is 5.97 Å². The number of hydrogen-bond donors (Lipinski definition) is 2. The Kier molecular flexibility index (Phi) is 6.54. The zero-order valence-electron chi connectivity index (χ0n) is 13.9. The van der Waals surface area contributed by atoms with Gasteiger partial charge in [-0.2, -0.15) is 0 Å². The zero-order chi connectivity index (χ0) is 19.3. The molecule has 0 saturated carbocycles. The van der Waals surface area contributed by atoms with E-state index < -0.39 is 18.0 Å². The zero-order valence-corrected chi connectivity index (χ0v) is 15.4. The van der Waals surface area contributed by atoms with Gasteiger partial charge in [-0.25, -0.2) is 9.78 Å². The van der Waals surface area contributed by atoms with Crippen molar-refractivity contribution in [2.75, 3.05) is 10.6 Å². The molecule has 0 spiro atoms. The van der Waals surface area contributed by atoms with Gasteiger partial charge < -0.3 is 15.4 Å². The molecule has 1 aromatic carbocycles. The van der Waals surface area contributed by atoms with Crippen LogP contribution in [0.2, 0.25) is 10.2 Å². The van der Waals surface area contributed by atoms with Gasteiger partial charge in [-0.3, -0.25) is 9.59 Å². The minimum Gasteiger partial charge on any atom is -0.449 e. The van der Waals surface area contributed by atoms with Crippen molar-refractivity contribution in [3.05, 3.63) is 52.3 Å². The highest BCUT2D eigenvalue weighted by Gasteiger charge is 2.20. The minimum atomic E-state index is -1.05. The highest BCUT2D eigenvalue weighted by atomic mass is 35.5. The van der Waals surface area contributed by atoms with Crippen LogP contribution in [0.15, 0.2) is 36.5 Å². The third-order valence-electron chi connectivity index (χ3n) is 3.16. The Bertz CT molecular complexity index is 840. The quantitative estimate of drug-likeness (QED) is 0.595. The molecule has 0 aliphatic carbocycles. The summed E-state index contributed by atoms with van der Waals surface area (Å²) in [5, 5.41) is 5.40. The number of carbonyl (C=O) groups is 3. The number of halogens is 2. The molecule has 0 unspecified atom stereocenters. The second-order valence-electron chi connectivity index (χ2n) is 5.29. The van der Waals surface area contributed by atoms with Gasteiger partial charge in [0.05, 0.1) is 10.6 Å². The number of ether oxygens (including phenoxy) is 1. The lowest BCUT2D eigenvalue weighted by molar-refractivity contribution is -0.123. The van der Waals surface area contributed by atoms with Crippen molar-refractivity contribution < 1.29 is 19.1 Å². The number of carbonyl (C=O) groups excluding carboxylic acids is 3. The standard InChI is InChI=1S/C17H15Cl2N3O4/c1-9(26-17(25)11-7-14(18)15(19)20-8-11)16(24)22-13-5-3-12(4-6-13)21-10(2)23/h3-9H,1-2H3,(H,21,23)(H,22,24)/t9-/m0/s1. The summed E-state index contributed by atoms with van der Waals surface area (Å²) in [4.78, 5) is 38.9. The highest BCUT2D eigenvalue weighted by Crippen LogP contribution is 2.20. The summed E-state index contributed by atoms with van der Waals surface area (Å²) in [7, 11) is 0. The first-order valence-corrected chi connectivity index (χ1v) is 8.22. The maximum atomic E-state index is 12.1. The third-order valence-corrected chi connectivity index (χ3v) is 3.84. The van der Waals surface area contributed by atoms with Gasteiger partial charge in [0.2, 0.25) is 5.91 Å². The molecule has 9 heteroatoms. The van der Waals surface area contributed by atoms with Crippen molar-refractivity contribution in [3.8, 4) is 0 Å². The lowest BCUT2D eigenvalue weighted by atomic mass is 10.2. The van der Waals surface area contributed by atoms with Crippen LogP contribution in [0.1, 0.15) is 24.2 Å². The molecule has 2 rings (SSSR count). The minimum absolute atomic E-state index is 0.0664. The van der Waals surface area contributed by atoms with E-state index >= 15 is 0 Å². The van der Waals surface area contributed by atoms with Crippen molar-refractivity contribution >= 4 is 52.4 Å². The maximum absolute atomic E-state index is 12.1. The fourth-order valence-corrected chi connectivity index (χ4v) is 2.17.